The molecule has 1 saturated carbocycles. The third kappa shape index (κ3) is 4.47. The average molecular weight is 390 g/mol. The van der Waals surface area contributed by atoms with E-state index in [-0.39, 0.29) is 12.0 Å². The Morgan fingerprint density at radius 1 is 1.11 bits per heavy atom. The van der Waals surface area contributed by atoms with Crippen molar-refractivity contribution in [3.05, 3.63) is 65.0 Å². The van der Waals surface area contributed by atoms with Gasteiger partial charge >= 0.3 is 0 Å². The summed E-state index contributed by atoms with van der Waals surface area (Å²) < 4.78 is 45.5. The summed E-state index contributed by atoms with van der Waals surface area (Å²) in [5.74, 6) is -2.68. The van der Waals surface area contributed by atoms with Gasteiger partial charge in [0.25, 0.3) is 5.91 Å². The number of ether oxygens (including phenoxy) is 1. The van der Waals surface area contributed by atoms with Crippen LogP contribution in [0, 0.1) is 23.4 Å². The Balaban J connectivity index is 1.27. The van der Waals surface area contributed by atoms with E-state index in [4.69, 9.17) is 4.74 Å². The van der Waals surface area contributed by atoms with Crippen LogP contribution in [0.5, 0.6) is 5.75 Å². The Morgan fingerprint density at radius 2 is 1.82 bits per heavy atom. The largest absolute Gasteiger partial charge is 0.488 e. The summed E-state index contributed by atoms with van der Waals surface area (Å²) in [7, 11) is 0. The lowest BCUT2D eigenvalue weighted by Gasteiger charge is -2.39. The Kier molecular flexibility index (Phi) is 5.26. The predicted molar refractivity (Wildman–Crippen MR) is 97.5 cm³/mol. The molecule has 2 fully saturated rings. The minimum Gasteiger partial charge on any atom is -0.488 e. The van der Waals surface area contributed by atoms with Crippen molar-refractivity contribution in [2.45, 2.75) is 25.5 Å². The minimum absolute atomic E-state index is 0.0695. The van der Waals surface area contributed by atoms with Gasteiger partial charge in [0.05, 0.1) is 0 Å². The van der Waals surface area contributed by atoms with E-state index in [2.05, 4.69) is 5.32 Å². The zero-order chi connectivity index (χ0) is 19.7. The van der Waals surface area contributed by atoms with Gasteiger partial charge in [0.2, 0.25) is 0 Å². The van der Waals surface area contributed by atoms with Crippen molar-refractivity contribution in [1.29, 1.82) is 0 Å². The summed E-state index contributed by atoms with van der Waals surface area (Å²) in [6.45, 7) is 2.20. The molecular weight excluding hydrogens is 369 g/mol. The highest BCUT2D eigenvalue weighted by Gasteiger charge is 2.29. The van der Waals surface area contributed by atoms with Gasteiger partial charge in [-0.3, -0.25) is 9.69 Å². The molecule has 148 valence electrons. The normalized spacial score (nSPS) is 17.2. The van der Waals surface area contributed by atoms with Crippen molar-refractivity contribution in [2.75, 3.05) is 19.6 Å². The number of carbonyl (C=O) groups is 1. The van der Waals surface area contributed by atoms with E-state index in [1.165, 1.54) is 12.8 Å². The third-order valence-electron chi connectivity index (χ3n) is 5.02. The number of carbonyl (C=O) groups excluding carboxylic acids is 1. The van der Waals surface area contributed by atoms with E-state index in [0.29, 0.717) is 49.0 Å². The molecule has 4 nitrogen and oxygen atoms in total. The molecule has 0 radical (unpaired) electrons. The first-order valence-corrected chi connectivity index (χ1v) is 9.38. The van der Waals surface area contributed by atoms with Crippen LogP contribution in [-0.2, 0) is 6.54 Å². The quantitative estimate of drug-likeness (QED) is 0.736. The summed E-state index contributed by atoms with van der Waals surface area (Å²) in [5, 5.41) is 2.93. The lowest BCUT2D eigenvalue weighted by molar-refractivity contribution is 0.0144. The number of nitrogens with one attached hydrogen (secondary N) is 1. The monoisotopic (exact) mass is 390 g/mol. The van der Waals surface area contributed by atoms with E-state index >= 15 is 0 Å². The highest BCUT2D eigenvalue weighted by molar-refractivity contribution is 5.94. The summed E-state index contributed by atoms with van der Waals surface area (Å²) in [6, 6.07) is 9.06. The number of rotatable bonds is 7. The summed E-state index contributed by atoms with van der Waals surface area (Å²) >= 11 is 0. The standard InChI is InChI=1S/C21H21F3N2O2/c22-18-6-14(7-19(23)20(18)24)10-26-11-17(12-26)28-16-3-1-2-15(8-16)21(27)25-9-13-4-5-13/h1-3,6-8,13,17H,4-5,9-12H2,(H,25,27). The molecule has 28 heavy (non-hydrogen) atoms. The molecule has 2 aliphatic rings. The Hall–Kier alpha value is -2.54. The van der Waals surface area contributed by atoms with Crippen LogP contribution in [-0.4, -0.2) is 36.5 Å². The Morgan fingerprint density at radius 3 is 2.50 bits per heavy atom. The van der Waals surface area contributed by atoms with Crippen LogP contribution in [0.1, 0.15) is 28.8 Å². The SMILES string of the molecule is O=C(NCC1CC1)c1cccc(OC2CN(Cc3cc(F)c(F)c(F)c3)C2)c1. The van der Waals surface area contributed by atoms with E-state index in [9.17, 15) is 18.0 Å². The maximum absolute atomic E-state index is 13.3. The summed E-state index contributed by atoms with van der Waals surface area (Å²) in [4.78, 5) is 14.1. The van der Waals surface area contributed by atoms with Gasteiger partial charge in [-0.05, 0) is 54.7 Å². The van der Waals surface area contributed by atoms with Crippen LogP contribution in [0.25, 0.3) is 0 Å². The van der Waals surface area contributed by atoms with Gasteiger partial charge in [0, 0.05) is 31.7 Å². The van der Waals surface area contributed by atoms with Crippen molar-refractivity contribution in [3.63, 3.8) is 0 Å². The van der Waals surface area contributed by atoms with Crippen molar-refractivity contribution in [1.82, 2.24) is 10.2 Å². The van der Waals surface area contributed by atoms with Gasteiger partial charge in [-0.2, -0.15) is 0 Å². The lowest BCUT2D eigenvalue weighted by Crippen LogP contribution is -2.53. The summed E-state index contributed by atoms with van der Waals surface area (Å²) in [5.41, 5.74) is 0.941. The van der Waals surface area contributed by atoms with Crippen LogP contribution in [0.4, 0.5) is 13.2 Å². The fourth-order valence-electron chi connectivity index (χ4n) is 3.25. The number of halogens is 3. The molecular formula is C21H21F3N2O2. The predicted octanol–water partition coefficient (Wildman–Crippen LogP) is 3.51. The molecule has 1 aliphatic carbocycles. The van der Waals surface area contributed by atoms with Crippen LogP contribution >= 0.6 is 0 Å². The van der Waals surface area contributed by atoms with Crippen LogP contribution < -0.4 is 10.1 Å². The van der Waals surface area contributed by atoms with Crippen molar-refractivity contribution in [2.24, 2.45) is 5.92 Å². The molecule has 7 heteroatoms. The van der Waals surface area contributed by atoms with Gasteiger partial charge in [-0.25, -0.2) is 13.2 Å². The van der Waals surface area contributed by atoms with Gasteiger partial charge in [0.15, 0.2) is 17.5 Å². The first-order valence-electron chi connectivity index (χ1n) is 9.38. The molecule has 2 aromatic rings. The van der Waals surface area contributed by atoms with E-state index in [0.717, 1.165) is 12.1 Å². The molecule has 2 aromatic carbocycles. The Bertz CT molecular complexity index is 857. The first-order chi connectivity index (χ1) is 13.5. The highest BCUT2D eigenvalue weighted by atomic mass is 19.2. The van der Waals surface area contributed by atoms with Gasteiger partial charge < -0.3 is 10.1 Å². The molecule has 1 N–H and O–H groups in total. The zero-order valence-corrected chi connectivity index (χ0v) is 15.3. The number of nitrogens with zero attached hydrogens (tertiary/aromatic N) is 1. The van der Waals surface area contributed by atoms with Crippen molar-refractivity contribution in [3.8, 4) is 5.75 Å². The summed E-state index contributed by atoms with van der Waals surface area (Å²) in [6.07, 6.45) is 2.29. The number of likely N-dealkylation sites (tertiary alicyclic amines) is 1. The molecule has 1 saturated heterocycles. The molecule has 0 aromatic heterocycles. The highest BCUT2D eigenvalue weighted by Crippen LogP contribution is 2.28. The van der Waals surface area contributed by atoms with Crippen LogP contribution in [0.15, 0.2) is 36.4 Å². The van der Waals surface area contributed by atoms with Crippen molar-refractivity contribution >= 4 is 5.91 Å². The number of hydrogen-bond acceptors (Lipinski definition) is 3. The lowest BCUT2D eigenvalue weighted by atomic mass is 10.1. The van der Waals surface area contributed by atoms with Crippen molar-refractivity contribution < 1.29 is 22.7 Å². The van der Waals surface area contributed by atoms with Crippen LogP contribution in [0.3, 0.4) is 0 Å². The topological polar surface area (TPSA) is 41.6 Å². The third-order valence-corrected chi connectivity index (χ3v) is 5.02. The Labute approximate surface area is 161 Å². The zero-order valence-electron chi connectivity index (χ0n) is 15.3. The number of benzene rings is 2. The molecule has 1 heterocycles. The van der Waals surface area contributed by atoms with E-state index < -0.39 is 17.5 Å². The van der Waals surface area contributed by atoms with Gasteiger partial charge in [-0.15, -0.1) is 0 Å². The van der Waals surface area contributed by atoms with Gasteiger partial charge in [0.1, 0.15) is 11.9 Å². The molecule has 1 amide bonds. The number of amides is 1. The molecule has 0 unspecified atom stereocenters. The first kappa shape index (κ1) is 18.8. The van der Waals surface area contributed by atoms with E-state index in [1.807, 2.05) is 4.90 Å². The molecule has 0 bridgehead atoms. The van der Waals surface area contributed by atoms with Gasteiger partial charge in [-0.1, -0.05) is 6.07 Å². The molecule has 1 aliphatic heterocycles. The second kappa shape index (κ2) is 7.83. The fourth-order valence-corrected chi connectivity index (χ4v) is 3.25. The minimum atomic E-state index is -1.45. The molecule has 4 rings (SSSR count). The second-order valence-electron chi connectivity index (χ2n) is 7.49. The number of hydrogen-bond donors (Lipinski definition) is 1. The smallest absolute Gasteiger partial charge is 0.251 e. The molecule has 0 atom stereocenters. The van der Waals surface area contributed by atoms with E-state index in [1.54, 1.807) is 24.3 Å². The second-order valence-corrected chi connectivity index (χ2v) is 7.49. The fraction of sp³-hybridized carbons (Fsp3) is 0.381. The molecule has 0 spiro atoms. The van der Waals surface area contributed by atoms with Crippen LogP contribution in [0.2, 0.25) is 0 Å². The maximum atomic E-state index is 13.3. The average Bonchev–Trinajstić information content (AvgIpc) is 3.47. The maximum Gasteiger partial charge on any atom is 0.251 e.